The lowest BCUT2D eigenvalue weighted by Gasteiger charge is -2.44. The molecule has 0 radical (unpaired) electrons. The van der Waals surface area contributed by atoms with E-state index in [0.717, 1.165) is 0 Å². The Labute approximate surface area is 75.9 Å². The van der Waals surface area contributed by atoms with Crippen molar-refractivity contribution in [3.63, 3.8) is 0 Å². The first-order chi connectivity index (χ1) is 4.64. The number of rotatable bonds is 2. The summed E-state index contributed by atoms with van der Waals surface area (Å²) in [6.45, 7) is 0. The highest BCUT2D eigenvalue weighted by Crippen LogP contribution is 3.02. The van der Waals surface area contributed by atoms with Crippen LogP contribution in [0.25, 0.3) is 0 Å². The molecule has 0 aromatic carbocycles. The maximum Gasteiger partial charge on any atom is 0.319 e. The summed E-state index contributed by atoms with van der Waals surface area (Å²) in [6.07, 6.45) is 0. The highest BCUT2D eigenvalue weighted by Gasteiger charge is 2.77. The van der Waals surface area contributed by atoms with Gasteiger partial charge in [0.1, 0.15) is 0 Å². The third kappa shape index (κ3) is 3.56. The molecule has 0 aliphatic carbocycles. The molecule has 0 aromatic heterocycles. The van der Waals surface area contributed by atoms with Crippen molar-refractivity contribution in [2.24, 2.45) is 0 Å². The van der Waals surface area contributed by atoms with Gasteiger partial charge in [-0.3, -0.25) is 0 Å². The van der Waals surface area contributed by atoms with E-state index in [2.05, 4.69) is 11.6 Å². The van der Waals surface area contributed by atoms with E-state index < -0.39 is 19.8 Å². The number of hydrogen-bond acceptors (Lipinski definition) is 0. The van der Waals surface area contributed by atoms with Crippen LogP contribution in [0.3, 0.4) is 0 Å². The standard InChI is InChI=1S/C2HBrClF7S/c3-2(4,6)1(5)12(7,8,9,10)11/h1H. The minimum absolute atomic E-state index is 1.30. The van der Waals surface area contributed by atoms with Crippen LogP contribution >= 0.6 is 37.8 Å². The van der Waals surface area contributed by atoms with Gasteiger partial charge in [0, 0.05) is 0 Å². The molecule has 0 nitrogen and oxygen atoms in total. The molecule has 0 N–H and O–H groups in total. The molecule has 0 fully saturated rings. The van der Waals surface area contributed by atoms with E-state index in [1.54, 1.807) is 0 Å². The molecule has 12 heavy (non-hydrogen) atoms. The molecule has 0 aromatic rings. The van der Waals surface area contributed by atoms with Gasteiger partial charge in [-0.1, -0.05) is 31.0 Å². The predicted octanol–water partition coefficient (Wildman–Crippen LogP) is 4.84. The van der Waals surface area contributed by atoms with E-state index in [1.807, 2.05) is 0 Å². The molecule has 2 atom stereocenters. The van der Waals surface area contributed by atoms with Crippen LogP contribution in [-0.2, 0) is 0 Å². The average Bonchev–Trinajstić information content (AvgIpc) is 1.54. The zero-order chi connectivity index (χ0) is 10.5. The normalized spacial score (nSPS) is 26.8. The third-order valence-corrected chi connectivity index (χ3v) is 2.78. The Morgan fingerprint density at radius 2 is 1.42 bits per heavy atom. The van der Waals surface area contributed by atoms with Crippen molar-refractivity contribution in [2.45, 2.75) is 9.54 Å². The van der Waals surface area contributed by atoms with Gasteiger partial charge in [0.25, 0.3) is 9.54 Å². The fraction of sp³-hybridized carbons (Fsp3) is 1.00. The van der Waals surface area contributed by atoms with Gasteiger partial charge in [-0.05, 0) is 15.9 Å². The lowest BCUT2D eigenvalue weighted by atomic mass is 10.8. The van der Waals surface area contributed by atoms with E-state index in [0.29, 0.717) is 0 Å². The van der Waals surface area contributed by atoms with E-state index in [9.17, 15) is 28.2 Å². The second-order valence-corrected chi connectivity index (χ2v) is 6.52. The van der Waals surface area contributed by atoms with Crippen molar-refractivity contribution in [3.8, 4) is 0 Å². The van der Waals surface area contributed by atoms with E-state index in [4.69, 9.17) is 0 Å². The van der Waals surface area contributed by atoms with Crippen molar-refractivity contribution < 1.29 is 28.2 Å². The summed E-state index contributed by atoms with van der Waals surface area (Å²) >= 11 is 5.36. The number of halogens is 9. The summed E-state index contributed by atoms with van der Waals surface area (Å²) in [5.41, 5.74) is -5.04. The second kappa shape index (κ2) is 2.17. The van der Waals surface area contributed by atoms with Crippen molar-refractivity contribution in [3.05, 3.63) is 0 Å². The Hall–Kier alpha value is 0.630. The lowest BCUT2D eigenvalue weighted by Crippen LogP contribution is -2.33. The molecule has 0 saturated heterocycles. The minimum atomic E-state index is -10.5. The monoisotopic (exact) mass is 304 g/mol. The molecule has 78 valence electrons. The molecule has 10 heteroatoms. The molecular formula is C2HBrClF7S. The van der Waals surface area contributed by atoms with Crippen molar-refractivity contribution in [1.82, 2.24) is 0 Å². The molecule has 0 rings (SSSR count). The van der Waals surface area contributed by atoms with Gasteiger partial charge in [-0.2, -0.15) is 0 Å². The SMILES string of the molecule is FC(C(F)(Cl)Br)S(F)(F)(F)(F)F. The number of alkyl halides is 4. The van der Waals surface area contributed by atoms with Gasteiger partial charge in [0.2, 0.25) is 0 Å². The van der Waals surface area contributed by atoms with Crippen molar-refractivity contribution in [2.75, 3.05) is 0 Å². The molecule has 0 spiro atoms. The van der Waals surface area contributed by atoms with Crippen LogP contribution in [0.5, 0.6) is 0 Å². The van der Waals surface area contributed by atoms with Gasteiger partial charge in [0.15, 0.2) is 0 Å². The van der Waals surface area contributed by atoms with Gasteiger partial charge < -0.3 is 0 Å². The highest BCUT2D eigenvalue weighted by atomic mass is 79.9. The first-order valence-electron chi connectivity index (χ1n) is 2.08. The smallest absolute Gasteiger partial charge is 0.219 e. The Morgan fingerprint density at radius 1 is 1.17 bits per heavy atom. The van der Waals surface area contributed by atoms with Crippen LogP contribution in [0.15, 0.2) is 0 Å². The maximum absolute atomic E-state index is 11.9. The fourth-order valence-electron chi connectivity index (χ4n) is 0.253. The summed E-state index contributed by atoms with van der Waals surface area (Å²) in [5.74, 6) is 0. The largest absolute Gasteiger partial charge is 0.319 e. The molecule has 0 amide bonds. The van der Waals surface area contributed by atoms with Crippen LogP contribution < -0.4 is 0 Å². The zero-order valence-electron chi connectivity index (χ0n) is 4.89. The van der Waals surface area contributed by atoms with Crippen LogP contribution in [-0.4, -0.2) is 9.54 Å². The highest BCUT2D eigenvalue weighted by molar-refractivity contribution is 9.10. The third-order valence-electron chi connectivity index (χ3n) is 0.648. The predicted molar refractivity (Wildman–Crippen MR) is 36.6 cm³/mol. The molecule has 0 aliphatic heterocycles. The lowest BCUT2D eigenvalue weighted by molar-refractivity contribution is 0.205. The summed E-state index contributed by atoms with van der Waals surface area (Å²) in [7, 11) is -10.5. The maximum atomic E-state index is 11.9. The Balaban J connectivity index is 5.11. The molecule has 0 heterocycles. The average molecular weight is 305 g/mol. The molecular weight excluding hydrogens is 304 g/mol. The Morgan fingerprint density at radius 3 is 1.42 bits per heavy atom. The van der Waals surface area contributed by atoms with E-state index >= 15 is 0 Å². The summed E-state index contributed by atoms with van der Waals surface area (Å²) < 4.78 is 76.3. The van der Waals surface area contributed by atoms with Crippen LogP contribution in [0, 0.1) is 0 Å². The Kier molecular flexibility index (Phi) is 2.28. The fourth-order valence-corrected chi connectivity index (χ4v) is 2.32. The molecule has 0 saturated carbocycles. The molecule has 0 bridgehead atoms. The van der Waals surface area contributed by atoms with Gasteiger partial charge >= 0.3 is 10.2 Å². The van der Waals surface area contributed by atoms with Crippen LogP contribution in [0.4, 0.5) is 28.2 Å². The van der Waals surface area contributed by atoms with E-state index in [-0.39, 0.29) is 0 Å². The summed E-state index contributed by atoms with van der Waals surface area (Å²) in [4.78, 5) is 0. The van der Waals surface area contributed by atoms with E-state index in [1.165, 1.54) is 15.9 Å². The zero-order valence-corrected chi connectivity index (χ0v) is 8.05. The van der Waals surface area contributed by atoms with Crippen LogP contribution in [0.2, 0.25) is 0 Å². The summed E-state index contributed by atoms with van der Waals surface area (Å²) in [5, 5.41) is 0. The topological polar surface area (TPSA) is 0 Å². The van der Waals surface area contributed by atoms with Crippen molar-refractivity contribution in [1.29, 1.82) is 0 Å². The van der Waals surface area contributed by atoms with Gasteiger partial charge in [-0.25, -0.2) is 8.78 Å². The first-order valence-corrected chi connectivity index (χ1v) is 5.27. The minimum Gasteiger partial charge on any atom is -0.219 e. The van der Waals surface area contributed by atoms with Gasteiger partial charge in [0.05, 0.1) is 0 Å². The quantitative estimate of drug-likeness (QED) is 0.506. The second-order valence-electron chi connectivity index (χ2n) is 1.89. The molecule has 0 aliphatic rings. The van der Waals surface area contributed by atoms with Crippen molar-refractivity contribution >= 4 is 37.8 Å². The first kappa shape index (κ1) is 12.6. The van der Waals surface area contributed by atoms with Gasteiger partial charge in [-0.15, -0.1) is 0 Å². The number of hydrogen-bond donors (Lipinski definition) is 0. The Bertz CT molecular complexity index is 187. The molecule has 2 unspecified atom stereocenters. The summed E-state index contributed by atoms with van der Waals surface area (Å²) in [6, 6.07) is 0. The van der Waals surface area contributed by atoms with Crippen LogP contribution in [0.1, 0.15) is 0 Å².